The van der Waals surface area contributed by atoms with Crippen LogP contribution in [-0.4, -0.2) is 313 Å². The van der Waals surface area contributed by atoms with Crippen LogP contribution in [0, 0.1) is 0 Å². The fourth-order valence-corrected chi connectivity index (χ4v) is 16.4. The van der Waals surface area contributed by atoms with Gasteiger partial charge in [-0.3, -0.25) is 14.8 Å². The molecule has 1 heterocycles. The fourth-order valence-electron chi connectivity index (χ4n) is 7.58. The van der Waals surface area contributed by atoms with E-state index in [0.717, 1.165) is 120 Å². The van der Waals surface area contributed by atoms with Crippen LogP contribution in [-0.2, 0) is 80.9 Å². The zero-order chi connectivity index (χ0) is 91.9. The summed E-state index contributed by atoms with van der Waals surface area (Å²) in [5.74, 6) is 0.583. The third kappa shape index (κ3) is 148. The second kappa shape index (κ2) is 113. The van der Waals surface area contributed by atoms with Crippen LogP contribution in [0.5, 0.6) is 0 Å². The molecule has 0 fully saturated rings. The zero-order valence-electron chi connectivity index (χ0n) is 78.1. The number of unbranched alkanes of at least 4 members (excludes halogenated alkanes) is 1. The molecule has 1 aromatic rings. The summed E-state index contributed by atoms with van der Waals surface area (Å²) in [5, 5.41) is 54.1. The van der Waals surface area contributed by atoms with E-state index in [4.69, 9.17) is 99.2 Å². The van der Waals surface area contributed by atoms with Crippen molar-refractivity contribution in [3.8, 4) is 0 Å². The Labute approximate surface area is 731 Å². The normalized spacial score (nSPS) is 12.2. The van der Waals surface area contributed by atoms with Gasteiger partial charge in [-0.2, -0.15) is 25.3 Å². The fraction of sp³-hybridized carbons (Fsp3) is 0.938. The SMILES string of the molecule is CC(C)NCc1nccnc1CS.CC(C)OC(=O)C(N)CS.CCCCP(CCCO)CCCOC(C)C.CCCNC(C)C.CCCNC(C)C.CCCOC(C)C.CCCP(CCO)CCOC(C)C.CCP(CO)COC(C)C.COCCP(CCO)CCOC(C)C.COCP(CO)COC(C)C.O=S(=O)=O.O=S(=O)=O. The maximum atomic E-state index is 10.8. The van der Waals surface area contributed by atoms with Gasteiger partial charge in [-0.1, -0.05) is 112 Å². The molecule has 0 aromatic carbocycles. The van der Waals surface area contributed by atoms with E-state index in [-0.39, 0.29) is 62.8 Å². The van der Waals surface area contributed by atoms with E-state index in [1.807, 2.05) is 41.5 Å². The number of hydrogen-bond donors (Lipinski definition) is 11. The van der Waals surface area contributed by atoms with Gasteiger partial charge in [0.25, 0.3) is 0 Å². The number of rotatable bonds is 55. The molecule has 6 atom stereocenters. The Balaban J connectivity index is -0.000000117. The number of nitrogens with zero attached hydrogens (tertiary/aromatic N) is 2. The van der Waals surface area contributed by atoms with E-state index in [1.165, 1.54) is 63.2 Å². The quantitative estimate of drug-likeness (QED) is 0.0125. The molecule has 0 bridgehead atoms. The number of carbonyl (C=O) groups is 1. The van der Waals surface area contributed by atoms with E-state index in [9.17, 15) is 4.79 Å². The number of nitrogens with one attached hydrogen (secondary N) is 3. The number of nitrogens with two attached hydrogens (primary N) is 1. The molecule has 0 saturated heterocycles. The van der Waals surface area contributed by atoms with Crippen LogP contribution in [0.1, 0.15) is 243 Å². The van der Waals surface area contributed by atoms with Gasteiger partial charge in [-0.15, -0.1) is 41.1 Å². The van der Waals surface area contributed by atoms with Gasteiger partial charge in [-0.25, -0.2) is 0 Å². The average Bonchev–Trinajstić information content (AvgIpc) is 0.895. The summed E-state index contributed by atoms with van der Waals surface area (Å²) in [6, 6.07) is 1.18. The van der Waals surface area contributed by atoms with E-state index in [1.54, 1.807) is 40.5 Å². The molecule has 27 nitrogen and oxygen atoms in total. The van der Waals surface area contributed by atoms with Gasteiger partial charge in [0.2, 0.25) is 0 Å². The first kappa shape index (κ1) is 139. The highest BCUT2D eigenvalue weighted by molar-refractivity contribution is 7.80. The van der Waals surface area contributed by atoms with Gasteiger partial charge in [0.05, 0.1) is 106 Å². The van der Waals surface area contributed by atoms with Gasteiger partial charge in [0.1, 0.15) is 6.04 Å². The molecule has 0 saturated carbocycles. The van der Waals surface area contributed by atoms with E-state index < -0.39 is 35.2 Å². The lowest BCUT2D eigenvalue weighted by Crippen LogP contribution is -2.35. The lowest BCUT2D eigenvalue weighted by Gasteiger charge is -2.17. The predicted octanol–water partition coefficient (Wildman–Crippen LogP) is 14.7. The second-order valence-electron chi connectivity index (χ2n) is 28.5. The van der Waals surface area contributed by atoms with Crippen molar-refractivity contribution < 1.29 is 98.2 Å². The Hall–Kier alpha value is -0.0400. The van der Waals surface area contributed by atoms with Crippen LogP contribution in [0.4, 0.5) is 0 Å². The Bertz CT molecular complexity index is 2180. The van der Waals surface area contributed by atoms with Crippen molar-refractivity contribution in [2.24, 2.45) is 5.73 Å². The minimum atomic E-state index is -3.11. The largest absolute Gasteiger partial charge is 0.462 e. The second-order valence-corrected chi connectivity index (χ2v) is 42.7. The van der Waals surface area contributed by atoms with Crippen molar-refractivity contribution in [2.75, 3.05) is 179 Å². The first-order valence-electron chi connectivity index (χ1n) is 41.6. The minimum Gasteiger partial charge on any atom is -0.462 e. The van der Waals surface area contributed by atoms with Gasteiger partial charge in [-0.05, 0) is 218 Å². The lowest BCUT2D eigenvalue weighted by atomic mass is 10.3. The topological polar surface area (TPSA) is 392 Å². The van der Waals surface area contributed by atoms with Gasteiger partial charge in [0, 0.05) is 95.8 Å². The summed E-state index contributed by atoms with van der Waals surface area (Å²) in [6.07, 6.45) is 28.9. The molecule has 116 heavy (non-hydrogen) atoms. The Morgan fingerprint density at radius 2 is 0.793 bits per heavy atom. The van der Waals surface area contributed by atoms with Crippen molar-refractivity contribution in [1.29, 1.82) is 0 Å². The Kier molecular flexibility index (Phi) is 135. The van der Waals surface area contributed by atoms with Crippen LogP contribution in [0.2, 0.25) is 0 Å². The number of methoxy groups -OCH3 is 2. The molecular weight excluding hydrogens is 1660 g/mol. The molecule has 0 spiro atoms. The molecule has 0 aliphatic carbocycles. The van der Waals surface area contributed by atoms with Crippen LogP contribution in [0.15, 0.2) is 12.4 Å². The molecule has 6 unspecified atom stereocenters. The summed E-state index contributed by atoms with van der Waals surface area (Å²) in [6.45, 7) is 62.3. The summed E-state index contributed by atoms with van der Waals surface area (Å²) in [5.41, 5.74) is 7.26. The Morgan fingerprint density at radius 3 is 1.10 bits per heavy atom. The number of esters is 1. The molecule has 10 N–H and O–H groups in total. The molecule has 0 amide bonds. The van der Waals surface area contributed by atoms with Gasteiger partial charge < -0.3 is 89.8 Å². The highest BCUT2D eigenvalue weighted by atomic mass is 32.2. The number of aliphatic hydroxyl groups excluding tert-OH is 5. The van der Waals surface area contributed by atoms with Gasteiger partial charge in [0.15, 0.2) is 0 Å². The monoisotopic (exact) mass is 1850 g/mol. The van der Waals surface area contributed by atoms with Crippen molar-refractivity contribution in [2.45, 2.75) is 311 Å². The molecule has 1 rings (SSSR count). The summed E-state index contributed by atoms with van der Waals surface area (Å²) in [4.78, 5) is 19.2. The minimum absolute atomic E-state index is 0.0335. The number of aromatic nitrogens is 2. The summed E-state index contributed by atoms with van der Waals surface area (Å²) in [7, 11) is -3.51. The molecule has 0 radical (unpaired) electrons. The van der Waals surface area contributed by atoms with Crippen molar-refractivity contribution in [3.63, 3.8) is 0 Å². The number of carbonyl (C=O) groups excluding carboxylic acids is 1. The first-order valence-corrected chi connectivity index (χ1v) is 54.4. The third-order valence-corrected chi connectivity index (χ3v) is 25.4. The third-order valence-electron chi connectivity index (χ3n) is 13.4. The zero-order valence-corrected chi connectivity index (χ0v) is 86.0. The maximum Gasteiger partial charge on any atom is 0.425 e. The summed E-state index contributed by atoms with van der Waals surface area (Å²) >= 11 is 8.05. The van der Waals surface area contributed by atoms with Crippen LogP contribution < -0.4 is 21.7 Å². The highest BCUT2D eigenvalue weighted by Gasteiger charge is 2.15. The molecule has 36 heteroatoms. The first-order chi connectivity index (χ1) is 54.6. The molecule has 1 aromatic heterocycles. The van der Waals surface area contributed by atoms with Crippen molar-refractivity contribution >= 4 is 92.1 Å². The average molecular weight is 1850 g/mol. The Morgan fingerprint density at radius 1 is 0.414 bits per heavy atom. The summed E-state index contributed by atoms with van der Waals surface area (Å²) < 4.78 is 97.8. The number of ether oxygens (including phenoxy) is 9. The van der Waals surface area contributed by atoms with Crippen molar-refractivity contribution in [1.82, 2.24) is 25.9 Å². The number of hydrogen-bond acceptors (Lipinski definition) is 29. The highest BCUT2D eigenvalue weighted by Crippen LogP contribution is 2.39. The standard InChI is InChI=1S/C13H29O2P.C10H23O3P.C10H23O2P.C9H15N3S.C7H17O3P.C7H17O2P.C6H13NO2S.2C6H15N.C6H14O.2O3S/c1-4-5-10-16(11-6-8-14)12-7-9-15-13(2)3;1-10(2)13-6-9-14(7-4-11)8-5-12-3;1-4-7-13(8-5-11)9-6-12-10(2)3;1-7(2)12-5-8-9(6-13)11-4-3-10-8;1-7(2)10-6-11(4-8)5-9-3;1-4-10(5-8)6-9-7(2)3;1-4(2)9-6(8)5(7)3-10;3*1-4-5-7-6(2)3;2*1-4(2)3/h13-14H,4-12H2,1-3H3;10-11H,4-9H2,1-3H3;10-11H,4-9H2,1-3H3;3-4,7,12-13H,5-6H2,1-2H3;7-8H,4-6H2,1-3H3;7-8H,4-6H2,1-3H3;4-5,10H,3,7H2,1-2H3;2*6-7H,4-5H2,1-3H3;6H,4-5H2,1-3H3;;. The molecule has 706 valence electrons. The van der Waals surface area contributed by atoms with Gasteiger partial charge >= 0.3 is 27.2 Å². The smallest absolute Gasteiger partial charge is 0.425 e. The number of aliphatic hydroxyl groups is 5. The van der Waals surface area contributed by atoms with Crippen LogP contribution in [0.25, 0.3) is 0 Å². The van der Waals surface area contributed by atoms with E-state index >= 15 is 0 Å². The van der Waals surface area contributed by atoms with Crippen LogP contribution in [0.3, 0.4) is 0 Å². The van der Waals surface area contributed by atoms with E-state index in [2.05, 4.69) is 176 Å². The lowest BCUT2D eigenvalue weighted by molar-refractivity contribution is -0.148. The molecular formula is C80H181N6O21P5S4. The molecule has 0 aliphatic rings. The van der Waals surface area contributed by atoms with Crippen LogP contribution >= 0.6 is 64.9 Å². The maximum absolute atomic E-state index is 10.8. The van der Waals surface area contributed by atoms with Crippen molar-refractivity contribution in [3.05, 3.63) is 23.8 Å². The van der Waals surface area contributed by atoms with E-state index in [0.29, 0.717) is 92.4 Å². The molecule has 0 aliphatic heterocycles. The number of thiol groups is 2. The predicted molar refractivity (Wildman–Crippen MR) is 505 cm³/mol.